The summed E-state index contributed by atoms with van der Waals surface area (Å²) < 4.78 is 0. The molecule has 5 fully saturated rings. The number of carbonyl (C=O) groups is 1. The summed E-state index contributed by atoms with van der Waals surface area (Å²) in [4.78, 5) is 14.3. The Labute approximate surface area is 116 Å². The van der Waals surface area contributed by atoms with E-state index < -0.39 is 0 Å². The molecule has 1 N–H and O–H groups in total. The fourth-order valence-corrected chi connectivity index (χ4v) is 6.01. The first kappa shape index (κ1) is 12.2. The molecule has 0 aromatic rings. The molecule has 1 aliphatic heterocycles. The SMILES string of the molecule is CNC1CC(=O)N(CC23CC4CC(CC(C4)C2)C3)C1. The Balaban J connectivity index is 1.49. The summed E-state index contributed by atoms with van der Waals surface area (Å²) >= 11 is 0. The molecule has 106 valence electrons. The largest absolute Gasteiger partial charge is 0.341 e. The minimum atomic E-state index is 0.384. The fraction of sp³-hybridized carbons (Fsp3) is 0.938. The van der Waals surface area contributed by atoms with Crippen molar-refractivity contribution in [1.82, 2.24) is 10.2 Å². The number of nitrogens with one attached hydrogen (secondary N) is 1. The molecule has 0 aromatic heterocycles. The summed E-state index contributed by atoms with van der Waals surface area (Å²) in [5.41, 5.74) is 0.507. The van der Waals surface area contributed by atoms with E-state index in [4.69, 9.17) is 0 Å². The first-order chi connectivity index (χ1) is 9.16. The van der Waals surface area contributed by atoms with Crippen LogP contribution in [0.2, 0.25) is 0 Å². The van der Waals surface area contributed by atoms with Crippen molar-refractivity contribution in [1.29, 1.82) is 0 Å². The van der Waals surface area contributed by atoms with Gasteiger partial charge in [-0.05, 0) is 68.7 Å². The van der Waals surface area contributed by atoms with E-state index in [0.29, 0.717) is 23.8 Å². The average molecular weight is 262 g/mol. The van der Waals surface area contributed by atoms with E-state index >= 15 is 0 Å². The minimum Gasteiger partial charge on any atom is -0.341 e. The molecule has 3 heteroatoms. The topological polar surface area (TPSA) is 32.3 Å². The molecule has 4 bridgehead atoms. The van der Waals surface area contributed by atoms with Gasteiger partial charge >= 0.3 is 0 Å². The van der Waals surface area contributed by atoms with Gasteiger partial charge in [-0.25, -0.2) is 0 Å². The summed E-state index contributed by atoms with van der Waals surface area (Å²) in [6, 6.07) is 0.390. The van der Waals surface area contributed by atoms with E-state index in [1.807, 2.05) is 7.05 Å². The molecule has 1 heterocycles. The van der Waals surface area contributed by atoms with E-state index in [0.717, 1.165) is 30.8 Å². The molecular weight excluding hydrogens is 236 g/mol. The highest BCUT2D eigenvalue weighted by Crippen LogP contribution is 2.60. The highest BCUT2D eigenvalue weighted by Gasteiger charge is 2.52. The lowest BCUT2D eigenvalue weighted by Crippen LogP contribution is -2.51. The van der Waals surface area contributed by atoms with Crippen LogP contribution in [0, 0.1) is 23.2 Å². The third-order valence-electron chi connectivity index (χ3n) is 6.31. The molecule has 0 radical (unpaired) electrons. The predicted molar refractivity (Wildman–Crippen MR) is 74.6 cm³/mol. The maximum atomic E-state index is 12.2. The smallest absolute Gasteiger partial charge is 0.224 e. The molecule has 3 nitrogen and oxygen atoms in total. The quantitative estimate of drug-likeness (QED) is 0.844. The van der Waals surface area contributed by atoms with Crippen LogP contribution >= 0.6 is 0 Å². The number of hydrogen-bond donors (Lipinski definition) is 1. The number of likely N-dealkylation sites (tertiary alicyclic amines) is 1. The molecule has 5 rings (SSSR count). The number of likely N-dealkylation sites (N-methyl/N-ethyl adjacent to an activating group) is 1. The zero-order valence-corrected chi connectivity index (χ0v) is 12.0. The predicted octanol–water partition coefficient (Wildman–Crippen LogP) is 2.02. The molecule has 19 heavy (non-hydrogen) atoms. The van der Waals surface area contributed by atoms with E-state index in [9.17, 15) is 4.79 Å². The van der Waals surface area contributed by atoms with Crippen molar-refractivity contribution >= 4 is 5.91 Å². The summed E-state index contributed by atoms with van der Waals surface area (Å²) in [7, 11) is 1.98. The number of hydrogen-bond acceptors (Lipinski definition) is 2. The van der Waals surface area contributed by atoms with E-state index in [2.05, 4.69) is 10.2 Å². The van der Waals surface area contributed by atoms with Gasteiger partial charge in [0.15, 0.2) is 0 Å². The Bertz CT molecular complexity index is 357. The zero-order valence-electron chi connectivity index (χ0n) is 12.0. The number of amides is 1. The number of rotatable bonds is 3. The van der Waals surface area contributed by atoms with Crippen molar-refractivity contribution in [3.8, 4) is 0 Å². The van der Waals surface area contributed by atoms with Crippen LogP contribution in [0.4, 0.5) is 0 Å². The van der Waals surface area contributed by atoms with Crippen molar-refractivity contribution in [3.63, 3.8) is 0 Å². The summed E-state index contributed by atoms with van der Waals surface area (Å²) in [5.74, 6) is 3.35. The zero-order chi connectivity index (χ0) is 13.0. The lowest BCUT2D eigenvalue weighted by molar-refractivity contribution is -0.133. The Kier molecular flexibility index (Phi) is 2.70. The molecule has 1 unspecified atom stereocenters. The Morgan fingerprint density at radius 3 is 2.21 bits per heavy atom. The van der Waals surface area contributed by atoms with Crippen LogP contribution in [0.1, 0.15) is 44.9 Å². The Morgan fingerprint density at radius 2 is 1.74 bits per heavy atom. The molecule has 5 aliphatic rings. The number of carbonyl (C=O) groups excluding carboxylic acids is 1. The van der Waals surface area contributed by atoms with E-state index in [-0.39, 0.29) is 0 Å². The van der Waals surface area contributed by atoms with Crippen LogP contribution < -0.4 is 5.32 Å². The van der Waals surface area contributed by atoms with Crippen molar-refractivity contribution < 1.29 is 4.79 Å². The van der Waals surface area contributed by atoms with Crippen LogP contribution in [-0.4, -0.2) is 37.0 Å². The van der Waals surface area contributed by atoms with Gasteiger partial charge in [-0.15, -0.1) is 0 Å². The standard InChI is InChI=1S/C16H26N2O/c1-17-14-5-15(19)18(9-14)10-16-6-11-2-12(7-16)4-13(3-11)8-16/h11-14,17H,2-10H2,1H3. The van der Waals surface area contributed by atoms with E-state index in [1.54, 1.807) is 0 Å². The molecule has 4 aliphatic carbocycles. The van der Waals surface area contributed by atoms with Gasteiger partial charge in [0.05, 0.1) is 0 Å². The second-order valence-electron chi connectivity index (χ2n) is 7.88. The normalized spacial score (nSPS) is 48.3. The van der Waals surface area contributed by atoms with Gasteiger partial charge in [0.25, 0.3) is 0 Å². The van der Waals surface area contributed by atoms with Crippen LogP contribution in [0.3, 0.4) is 0 Å². The first-order valence-electron chi connectivity index (χ1n) is 8.11. The molecule has 1 saturated heterocycles. The highest BCUT2D eigenvalue weighted by atomic mass is 16.2. The van der Waals surface area contributed by atoms with E-state index in [1.165, 1.54) is 38.5 Å². The van der Waals surface area contributed by atoms with Crippen molar-refractivity contribution in [2.45, 2.75) is 51.0 Å². The maximum absolute atomic E-state index is 12.2. The lowest BCUT2D eigenvalue weighted by Gasteiger charge is -2.57. The Morgan fingerprint density at radius 1 is 1.16 bits per heavy atom. The van der Waals surface area contributed by atoms with Gasteiger partial charge in [0, 0.05) is 25.6 Å². The third-order valence-corrected chi connectivity index (χ3v) is 6.31. The highest BCUT2D eigenvalue weighted by molar-refractivity contribution is 5.79. The fourth-order valence-electron chi connectivity index (χ4n) is 6.01. The second kappa shape index (κ2) is 4.21. The molecule has 0 spiro atoms. The van der Waals surface area contributed by atoms with Crippen LogP contribution in [-0.2, 0) is 4.79 Å². The summed E-state index contributed by atoms with van der Waals surface area (Å²) in [6.45, 7) is 2.00. The van der Waals surface area contributed by atoms with Gasteiger partial charge in [-0.2, -0.15) is 0 Å². The second-order valence-corrected chi connectivity index (χ2v) is 7.88. The van der Waals surface area contributed by atoms with Gasteiger partial charge in [-0.3, -0.25) is 4.79 Å². The molecule has 1 atom stereocenters. The van der Waals surface area contributed by atoms with Gasteiger partial charge in [0.2, 0.25) is 5.91 Å². The van der Waals surface area contributed by atoms with Gasteiger partial charge < -0.3 is 10.2 Å². The van der Waals surface area contributed by atoms with Gasteiger partial charge in [0.1, 0.15) is 0 Å². The van der Waals surface area contributed by atoms with Crippen LogP contribution in [0.15, 0.2) is 0 Å². The Hall–Kier alpha value is -0.570. The van der Waals surface area contributed by atoms with Crippen molar-refractivity contribution in [3.05, 3.63) is 0 Å². The van der Waals surface area contributed by atoms with Crippen molar-refractivity contribution in [2.24, 2.45) is 23.2 Å². The minimum absolute atomic E-state index is 0.384. The third kappa shape index (κ3) is 2.01. The van der Waals surface area contributed by atoms with Crippen LogP contribution in [0.5, 0.6) is 0 Å². The monoisotopic (exact) mass is 262 g/mol. The summed E-state index contributed by atoms with van der Waals surface area (Å²) in [5, 5.41) is 3.27. The lowest BCUT2D eigenvalue weighted by atomic mass is 9.49. The van der Waals surface area contributed by atoms with Gasteiger partial charge in [-0.1, -0.05) is 0 Å². The average Bonchev–Trinajstić information content (AvgIpc) is 2.67. The molecule has 0 aromatic carbocycles. The molecule has 1 amide bonds. The molecular formula is C16H26N2O. The molecule has 4 saturated carbocycles. The van der Waals surface area contributed by atoms with Crippen LogP contribution in [0.25, 0.3) is 0 Å². The number of nitrogens with zero attached hydrogens (tertiary/aromatic N) is 1. The maximum Gasteiger partial charge on any atom is 0.224 e. The first-order valence-corrected chi connectivity index (χ1v) is 8.11. The van der Waals surface area contributed by atoms with Crippen molar-refractivity contribution in [2.75, 3.05) is 20.1 Å². The summed E-state index contributed by atoms with van der Waals surface area (Å²) in [6.07, 6.45) is 9.42.